The Morgan fingerprint density at radius 1 is 1.67 bits per heavy atom. The lowest BCUT2D eigenvalue weighted by molar-refractivity contribution is -0.129. The fourth-order valence-corrected chi connectivity index (χ4v) is 1.37. The van der Waals surface area contributed by atoms with Gasteiger partial charge in [-0.2, -0.15) is 0 Å². The van der Waals surface area contributed by atoms with E-state index in [1.54, 1.807) is 18.2 Å². The molecule has 0 aromatic carbocycles. The summed E-state index contributed by atoms with van der Waals surface area (Å²) >= 11 is 0. The summed E-state index contributed by atoms with van der Waals surface area (Å²) in [6, 6.07) is 0. The smallest absolute Gasteiger partial charge is 0.220 e. The van der Waals surface area contributed by atoms with Crippen LogP contribution in [-0.2, 0) is 17.9 Å². The lowest BCUT2D eigenvalue weighted by Crippen LogP contribution is -2.23. The van der Waals surface area contributed by atoms with Crippen LogP contribution in [0.1, 0.15) is 18.3 Å². The highest BCUT2D eigenvalue weighted by Gasteiger charge is 2.24. The van der Waals surface area contributed by atoms with Crippen LogP contribution in [0.4, 0.5) is 0 Å². The Labute approximate surface area is 69.8 Å². The number of amides is 1. The van der Waals surface area contributed by atoms with Gasteiger partial charge in [0.15, 0.2) is 0 Å². The molecular weight excluding hydrogens is 156 g/mol. The molecule has 5 nitrogen and oxygen atoms in total. The van der Waals surface area contributed by atoms with Crippen molar-refractivity contribution in [1.29, 1.82) is 0 Å². The van der Waals surface area contributed by atoms with E-state index in [0.29, 0.717) is 13.1 Å². The molecule has 0 aliphatic carbocycles. The van der Waals surface area contributed by atoms with E-state index in [1.807, 2.05) is 0 Å². The van der Waals surface area contributed by atoms with Gasteiger partial charge in [0, 0.05) is 6.92 Å². The number of aromatic nitrogens is 2. The summed E-state index contributed by atoms with van der Waals surface area (Å²) in [4.78, 5) is 16.8. The van der Waals surface area contributed by atoms with Gasteiger partial charge in [-0.05, 0) is 0 Å². The van der Waals surface area contributed by atoms with Crippen LogP contribution in [0.3, 0.4) is 0 Å². The quantitative estimate of drug-likeness (QED) is 0.526. The summed E-state index contributed by atoms with van der Waals surface area (Å²) in [5.41, 5.74) is 1.85. The number of nitrogen functional groups attached to an aromatic ring is 1. The molecule has 2 N–H and O–H groups in total. The van der Waals surface area contributed by atoms with Crippen molar-refractivity contribution in [3.8, 4) is 0 Å². The fraction of sp³-hybridized carbons (Fsp3) is 0.429. The molecule has 0 radical (unpaired) electrons. The summed E-state index contributed by atoms with van der Waals surface area (Å²) in [6.45, 7) is 2.72. The maximum atomic E-state index is 11.0. The average Bonchev–Trinajstić information content (AvgIpc) is 2.53. The number of imidazole rings is 1. The van der Waals surface area contributed by atoms with Crippen molar-refractivity contribution < 1.29 is 4.79 Å². The molecule has 2 rings (SSSR count). The van der Waals surface area contributed by atoms with Crippen LogP contribution in [0.5, 0.6) is 0 Å². The number of nitrogens with two attached hydrogens (primary N) is 1. The van der Waals surface area contributed by atoms with Gasteiger partial charge in [-0.25, -0.2) is 4.98 Å². The molecule has 1 amide bonds. The summed E-state index contributed by atoms with van der Waals surface area (Å²) in [7, 11) is 0. The largest absolute Gasteiger partial charge is 0.338 e. The number of rotatable bonds is 0. The molecule has 0 fully saturated rings. The van der Waals surface area contributed by atoms with Gasteiger partial charge in [-0.15, -0.1) is 0 Å². The number of nitrogens with zero attached hydrogens (tertiary/aromatic N) is 3. The van der Waals surface area contributed by atoms with Crippen molar-refractivity contribution in [3.05, 3.63) is 17.7 Å². The van der Waals surface area contributed by atoms with Crippen molar-refractivity contribution in [3.63, 3.8) is 0 Å². The SMILES string of the molecule is CC(=O)N1Cc2ncn(N)c2C1. The third kappa shape index (κ3) is 0.861. The van der Waals surface area contributed by atoms with Crippen LogP contribution in [0.15, 0.2) is 6.33 Å². The van der Waals surface area contributed by atoms with Crippen molar-refractivity contribution in [2.24, 2.45) is 0 Å². The van der Waals surface area contributed by atoms with E-state index in [9.17, 15) is 4.79 Å². The Kier molecular flexibility index (Phi) is 1.33. The van der Waals surface area contributed by atoms with Crippen LogP contribution in [0, 0.1) is 0 Å². The van der Waals surface area contributed by atoms with Crippen LogP contribution in [0.25, 0.3) is 0 Å². The van der Waals surface area contributed by atoms with E-state index in [1.165, 1.54) is 4.68 Å². The van der Waals surface area contributed by atoms with E-state index < -0.39 is 0 Å². The topological polar surface area (TPSA) is 64.2 Å². The van der Waals surface area contributed by atoms with E-state index in [4.69, 9.17) is 5.84 Å². The van der Waals surface area contributed by atoms with Crippen LogP contribution in [-0.4, -0.2) is 20.5 Å². The molecule has 1 aliphatic heterocycles. The molecule has 0 bridgehead atoms. The molecule has 5 heteroatoms. The first-order valence-corrected chi connectivity index (χ1v) is 3.74. The first kappa shape index (κ1) is 7.15. The second kappa shape index (κ2) is 2.23. The van der Waals surface area contributed by atoms with Gasteiger partial charge < -0.3 is 10.7 Å². The molecule has 1 aromatic heterocycles. The van der Waals surface area contributed by atoms with Gasteiger partial charge in [0.25, 0.3) is 0 Å². The maximum Gasteiger partial charge on any atom is 0.220 e. The molecule has 64 valence electrons. The zero-order valence-corrected chi connectivity index (χ0v) is 6.82. The monoisotopic (exact) mass is 166 g/mol. The summed E-state index contributed by atoms with van der Waals surface area (Å²) in [5, 5.41) is 0. The molecule has 1 aliphatic rings. The predicted molar refractivity (Wildman–Crippen MR) is 42.3 cm³/mol. The molecule has 1 aromatic rings. The van der Waals surface area contributed by atoms with Crippen molar-refractivity contribution >= 4 is 5.91 Å². The molecular formula is C7H10N4O. The highest BCUT2D eigenvalue weighted by atomic mass is 16.2. The van der Waals surface area contributed by atoms with Gasteiger partial charge in [0.05, 0.1) is 24.5 Å². The lowest BCUT2D eigenvalue weighted by atomic mass is 10.4. The number of hydrogen-bond acceptors (Lipinski definition) is 3. The fourth-order valence-electron chi connectivity index (χ4n) is 1.37. The van der Waals surface area contributed by atoms with Crippen LogP contribution < -0.4 is 5.84 Å². The second-order valence-corrected chi connectivity index (χ2v) is 2.92. The molecule has 12 heavy (non-hydrogen) atoms. The number of carbonyl (C=O) groups is 1. The highest BCUT2D eigenvalue weighted by molar-refractivity contribution is 5.73. The first-order chi connectivity index (χ1) is 5.68. The molecule has 0 atom stereocenters. The molecule has 0 saturated heterocycles. The zero-order valence-electron chi connectivity index (χ0n) is 6.82. The van der Waals surface area contributed by atoms with Crippen molar-refractivity contribution in [1.82, 2.24) is 14.6 Å². The van der Waals surface area contributed by atoms with Crippen LogP contribution >= 0.6 is 0 Å². The second-order valence-electron chi connectivity index (χ2n) is 2.92. The number of fused-ring (bicyclic) bond motifs is 1. The van der Waals surface area contributed by atoms with E-state index in [-0.39, 0.29) is 5.91 Å². The average molecular weight is 166 g/mol. The van der Waals surface area contributed by atoms with E-state index in [0.717, 1.165) is 11.4 Å². The minimum absolute atomic E-state index is 0.0630. The van der Waals surface area contributed by atoms with Gasteiger partial charge in [0.2, 0.25) is 5.91 Å². The predicted octanol–water partition coefficient (Wildman–Crippen LogP) is -0.541. The minimum Gasteiger partial charge on any atom is -0.338 e. The maximum absolute atomic E-state index is 11.0. The van der Waals surface area contributed by atoms with Crippen molar-refractivity contribution in [2.45, 2.75) is 20.0 Å². The van der Waals surface area contributed by atoms with Crippen LogP contribution in [0.2, 0.25) is 0 Å². The summed E-state index contributed by atoms with van der Waals surface area (Å²) in [5.74, 6) is 5.63. The molecule has 0 spiro atoms. The third-order valence-electron chi connectivity index (χ3n) is 2.11. The Hall–Kier alpha value is -1.52. The van der Waals surface area contributed by atoms with E-state index >= 15 is 0 Å². The van der Waals surface area contributed by atoms with Gasteiger partial charge in [-0.1, -0.05) is 0 Å². The molecule has 0 saturated carbocycles. The summed E-state index contributed by atoms with van der Waals surface area (Å²) < 4.78 is 1.47. The van der Waals surface area contributed by atoms with Crippen molar-refractivity contribution in [2.75, 3.05) is 5.84 Å². The number of carbonyl (C=O) groups excluding carboxylic acids is 1. The van der Waals surface area contributed by atoms with Gasteiger partial charge >= 0.3 is 0 Å². The normalized spacial score (nSPS) is 14.9. The summed E-state index contributed by atoms with van der Waals surface area (Å²) in [6.07, 6.45) is 1.57. The molecule has 0 unspecified atom stereocenters. The first-order valence-electron chi connectivity index (χ1n) is 3.74. The Bertz CT molecular complexity index is 330. The standard InChI is InChI=1S/C7H10N4O/c1-5(12)10-2-6-7(3-10)11(8)4-9-6/h4H,2-3,8H2,1H3. The lowest BCUT2D eigenvalue weighted by Gasteiger charge is -2.11. The van der Waals surface area contributed by atoms with Gasteiger partial charge in [0.1, 0.15) is 6.33 Å². The third-order valence-corrected chi connectivity index (χ3v) is 2.11. The van der Waals surface area contributed by atoms with Gasteiger partial charge in [-0.3, -0.25) is 9.47 Å². The Morgan fingerprint density at radius 2 is 2.42 bits per heavy atom. The highest BCUT2D eigenvalue weighted by Crippen LogP contribution is 2.19. The Morgan fingerprint density at radius 3 is 3.00 bits per heavy atom. The minimum atomic E-state index is 0.0630. The van der Waals surface area contributed by atoms with E-state index in [2.05, 4.69) is 4.98 Å². The molecule has 2 heterocycles. The zero-order chi connectivity index (χ0) is 8.72. The number of hydrogen-bond donors (Lipinski definition) is 1. The Balaban J connectivity index is 2.28.